The monoisotopic (exact) mass is 311 g/mol. The fourth-order valence-electron chi connectivity index (χ4n) is 2.00. The summed E-state index contributed by atoms with van der Waals surface area (Å²) in [5.74, 6) is 0. The summed E-state index contributed by atoms with van der Waals surface area (Å²) >= 11 is 3.48. The Hall–Kier alpha value is -0.380. The van der Waals surface area contributed by atoms with Crippen molar-refractivity contribution in [1.82, 2.24) is 5.32 Å². The van der Waals surface area contributed by atoms with E-state index in [2.05, 4.69) is 59.4 Å². The number of hydrogen-bond donors (Lipinski definition) is 1. The van der Waals surface area contributed by atoms with Gasteiger partial charge in [-0.3, -0.25) is 0 Å². The predicted molar refractivity (Wildman–Crippen MR) is 78.7 cm³/mol. The van der Waals surface area contributed by atoms with E-state index >= 15 is 0 Å². The van der Waals surface area contributed by atoms with Crippen LogP contribution in [0.1, 0.15) is 44.8 Å². The molecule has 0 saturated heterocycles. The molecule has 1 unspecified atom stereocenters. The maximum Gasteiger partial charge on any atom is 0.0953 e. The van der Waals surface area contributed by atoms with Crippen LogP contribution in [0.5, 0.6) is 0 Å². The van der Waals surface area contributed by atoms with Gasteiger partial charge in [-0.25, -0.2) is 0 Å². The molecule has 1 aromatic rings. The molecule has 0 heterocycles. The molecule has 0 spiro atoms. The van der Waals surface area contributed by atoms with Gasteiger partial charge in [0.15, 0.2) is 0 Å². The molecule has 1 saturated carbocycles. The Labute approximate surface area is 118 Å². The van der Waals surface area contributed by atoms with Crippen LogP contribution >= 0.6 is 15.9 Å². The van der Waals surface area contributed by atoms with Crippen LogP contribution in [0.3, 0.4) is 0 Å². The Morgan fingerprint density at radius 2 is 1.94 bits per heavy atom. The van der Waals surface area contributed by atoms with Gasteiger partial charge in [-0.15, -0.1) is 0 Å². The molecule has 1 fully saturated rings. The fourth-order valence-corrected chi connectivity index (χ4v) is 2.27. The first kappa shape index (κ1) is 14.0. The van der Waals surface area contributed by atoms with Gasteiger partial charge in [-0.05, 0) is 37.0 Å². The zero-order valence-electron chi connectivity index (χ0n) is 11.2. The van der Waals surface area contributed by atoms with Crippen LogP contribution in [0.2, 0.25) is 0 Å². The van der Waals surface area contributed by atoms with E-state index in [0.29, 0.717) is 12.1 Å². The van der Waals surface area contributed by atoms with Crippen LogP contribution in [0.15, 0.2) is 28.7 Å². The highest BCUT2D eigenvalue weighted by Crippen LogP contribution is 2.29. The standard InChI is InChI=1S/C15H22BrNO/c1-11(2)17-10-15(18-14-4-3-5-14)12-6-8-13(16)9-7-12/h6-9,11,14-15,17H,3-5,10H2,1-2H3. The lowest BCUT2D eigenvalue weighted by Gasteiger charge is -2.31. The van der Waals surface area contributed by atoms with E-state index in [1.807, 2.05) is 0 Å². The second kappa shape index (κ2) is 6.69. The first-order valence-electron chi connectivity index (χ1n) is 6.79. The van der Waals surface area contributed by atoms with E-state index in [1.54, 1.807) is 0 Å². The van der Waals surface area contributed by atoms with Crippen LogP contribution in [-0.2, 0) is 4.74 Å². The molecule has 2 nitrogen and oxygen atoms in total. The number of nitrogens with one attached hydrogen (secondary N) is 1. The highest BCUT2D eigenvalue weighted by atomic mass is 79.9. The van der Waals surface area contributed by atoms with E-state index in [1.165, 1.54) is 24.8 Å². The summed E-state index contributed by atoms with van der Waals surface area (Å²) < 4.78 is 7.30. The highest BCUT2D eigenvalue weighted by Gasteiger charge is 2.23. The maximum absolute atomic E-state index is 6.18. The van der Waals surface area contributed by atoms with Crippen LogP contribution in [-0.4, -0.2) is 18.7 Å². The van der Waals surface area contributed by atoms with Gasteiger partial charge in [0.05, 0.1) is 12.2 Å². The lowest BCUT2D eigenvalue weighted by molar-refractivity contribution is -0.0525. The summed E-state index contributed by atoms with van der Waals surface area (Å²) in [5, 5.41) is 3.48. The zero-order valence-corrected chi connectivity index (χ0v) is 12.7. The van der Waals surface area contributed by atoms with Gasteiger partial charge in [0, 0.05) is 17.1 Å². The number of ether oxygens (including phenoxy) is 1. The molecule has 1 aliphatic carbocycles. The molecule has 1 N–H and O–H groups in total. The van der Waals surface area contributed by atoms with E-state index < -0.39 is 0 Å². The third kappa shape index (κ3) is 4.08. The van der Waals surface area contributed by atoms with Gasteiger partial charge >= 0.3 is 0 Å². The van der Waals surface area contributed by atoms with Crippen molar-refractivity contribution in [1.29, 1.82) is 0 Å². The van der Waals surface area contributed by atoms with Crippen molar-refractivity contribution in [3.63, 3.8) is 0 Å². The molecule has 0 aliphatic heterocycles. The van der Waals surface area contributed by atoms with Gasteiger partial charge in [0.1, 0.15) is 0 Å². The summed E-state index contributed by atoms with van der Waals surface area (Å²) in [7, 11) is 0. The number of halogens is 1. The molecular weight excluding hydrogens is 290 g/mol. The van der Waals surface area contributed by atoms with Crippen molar-refractivity contribution in [2.45, 2.75) is 51.4 Å². The third-order valence-electron chi connectivity index (χ3n) is 3.36. The molecule has 1 atom stereocenters. The van der Waals surface area contributed by atoms with Crippen molar-refractivity contribution in [3.8, 4) is 0 Å². The first-order chi connectivity index (χ1) is 8.65. The minimum atomic E-state index is 0.172. The van der Waals surface area contributed by atoms with Crippen molar-refractivity contribution >= 4 is 15.9 Å². The Balaban J connectivity index is 1.99. The molecule has 1 aromatic carbocycles. The Kier molecular flexibility index (Phi) is 5.22. The second-order valence-corrected chi connectivity index (χ2v) is 6.21. The Bertz CT molecular complexity index is 359. The van der Waals surface area contributed by atoms with Gasteiger partial charge in [0.2, 0.25) is 0 Å². The molecular formula is C15H22BrNO. The Morgan fingerprint density at radius 3 is 2.44 bits per heavy atom. The minimum absolute atomic E-state index is 0.172. The summed E-state index contributed by atoms with van der Waals surface area (Å²) in [4.78, 5) is 0. The molecule has 0 aromatic heterocycles. The minimum Gasteiger partial charge on any atom is -0.369 e. The van der Waals surface area contributed by atoms with Crippen molar-refractivity contribution in [2.75, 3.05) is 6.54 Å². The summed E-state index contributed by atoms with van der Waals surface area (Å²) in [6, 6.07) is 8.96. The van der Waals surface area contributed by atoms with Crippen LogP contribution in [0.25, 0.3) is 0 Å². The first-order valence-corrected chi connectivity index (χ1v) is 7.59. The highest BCUT2D eigenvalue weighted by molar-refractivity contribution is 9.10. The quantitative estimate of drug-likeness (QED) is 0.855. The lowest BCUT2D eigenvalue weighted by Crippen LogP contribution is -2.33. The van der Waals surface area contributed by atoms with Gasteiger partial charge < -0.3 is 10.1 Å². The van der Waals surface area contributed by atoms with Crippen LogP contribution < -0.4 is 5.32 Å². The molecule has 2 rings (SSSR count). The number of rotatable bonds is 6. The zero-order chi connectivity index (χ0) is 13.0. The summed E-state index contributed by atoms with van der Waals surface area (Å²) in [6.07, 6.45) is 4.39. The number of hydrogen-bond acceptors (Lipinski definition) is 2. The van der Waals surface area contributed by atoms with E-state index in [9.17, 15) is 0 Å². The van der Waals surface area contributed by atoms with Gasteiger partial charge in [-0.2, -0.15) is 0 Å². The normalized spacial score (nSPS) is 17.8. The summed E-state index contributed by atoms with van der Waals surface area (Å²) in [6.45, 7) is 5.22. The SMILES string of the molecule is CC(C)NCC(OC1CCC1)c1ccc(Br)cc1. The molecule has 100 valence electrons. The van der Waals surface area contributed by atoms with E-state index in [-0.39, 0.29) is 6.10 Å². The van der Waals surface area contributed by atoms with Crippen LogP contribution in [0.4, 0.5) is 0 Å². The van der Waals surface area contributed by atoms with Gasteiger partial charge in [0.25, 0.3) is 0 Å². The third-order valence-corrected chi connectivity index (χ3v) is 3.89. The van der Waals surface area contributed by atoms with Gasteiger partial charge in [-0.1, -0.05) is 41.9 Å². The molecule has 0 bridgehead atoms. The summed E-state index contributed by atoms with van der Waals surface area (Å²) in [5.41, 5.74) is 1.26. The molecule has 0 radical (unpaired) electrons. The molecule has 1 aliphatic rings. The molecule has 0 amide bonds. The predicted octanol–water partition coefficient (Wildman–Crippen LogP) is 4.06. The van der Waals surface area contributed by atoms with E-state index in [4.69, 9.17) is 4.74 Å². The lowest BCUT2D eigenvalue weighted by atomic mass is 9.95. The molecule has 18 heavy (non-hydrogen) atoms. The van der Waals surface area contributed by atoms with Crippen molar-refractivity contribution in [3.05, 3.63) is 34.3 Å². The number of benzene rings is 1. The average Bonchev–Trinajstić information content (AvgIpc) is 2.28. The fraction of sp³-hybridized carbons (Fsp3) is 0.600. The molecule has 3 heteroatoms. The largest absolute Gasteiger partial charge is 0.369 e. The maximum atomic E-state index is 6.18. The van der Waals surface area contributed by atoms with Crippen molar-refractivity contribution in [2.24, 2.45) is 0 Å². The van der Waals surface area contributed by atoms with Crippen LogP contribution in [0, 0.1) is 0 Å². The smallest absolute Gasteiger partial charge is 0.0953 e. The average molecular weight is 312 g/mol. The van der Waals surface area contributed by atoms with E-state index in [0.717, 1.165) is 11.0 Å². The Morgan fingerprint density at radius 1 is 1.28 bits per heavy atom. The van der Waals surface area contributed by atoms with Crippen molar-refractivity contribution < 1.29 is 4.74 Å². The topological polar surface area (TPSA) is 21.3 Å². The second-order valence-electron chi connectivity index (χ2n) is 5.29.